The Balaban J connectivity index is 1.55. The number of nitrogens with one attached hydrogen (secondary N) is 1. The molecule has 0 aliphatic carbocycles. The molecule has 4 aromatic carbocycles. The first-order valence-corrected chi connectivity index (χ1v) is 12.0. The number of ether oxygens (including phenoxy) is 2. The number of rotatable bonds is 8. The van der Waals surface area contributed by atoms with Gasteiger partial charge in [0.1, 0.15) is 11.5 Å². The van der Waals surface area contributed by atoms with Gasteiger partial charge in [-0.05, 0) is 53.6 Å². The molecule has 36 heavy (non-hydrogen) atoms. The van der Waals surface area contributed by atoms with E-state index in [1.807, 2.05) is 43.3 Å². The fourth-order valence-corrected chi connectivity index (χ4v) is 3.96. The zero-order valence-electron chi connectivity index (χ0n) is 19.3. The highest BCUT2D eigenvalue weighted by Crippen LogP contribution is 2.29. The molecule has 0 aromatic heterocycles. The van der Waals surface area contributed by atoms with Gasteiger partial charge in [0.05, 0.1) is 16.8 Å². The zero-order valence-corrected chi connectivity index (χ0v) is 20.8. The molecule has 0 fully saturated rings. The Kier molecular flexibility index (Phi) is 8.21. The van der Waals surface area contributed by atoms with Gasteiger partial charge in [-0.15, -0.1) is 0 Å². The zero-order chi connectivity index (χ0) is 25.5. The largest absolute Gasteiger partial charge is 0.479 e. The van der Waals surface area contributed by atoms with E-state index in [1.54, 1.807) is 48.5 Å². The molecule has 0 aliphatic heterocycles. The molecule has 0 radical (unpaired) electrons. The molecule has 182 valence electrons. The van der Waals surface area contributed by atoms with Crippen molar-refractivity contribution in [3.8, 4) is 11.5 Å². The summed E-state index contributed by atoms with van der Waals surface area (Å²) >= 11 is 12.1. The van der Waals surface area contributed by atoms with Crippen LogP contribution in [-0.2, 0) is 4.79 Å². The highest BCUT2D eigenvalue weighted by atomic mass is 35.5. The van der Waals surface area contributed by atoms with Gasteiger partial charge in [0.15, 0.2) is 6.10 Å². The second-order valence-electron chi connectivity index (χ2n) is 7.78. The number of halogens is 2. The maximum Gasteiger partial charge on any atom is 0.343 e. The standard InChI is InChI=1S/C28H22Cl2N2O4/c1-2-24(35-26-15-13-20(29)16-23(26)30)27(33)32-31-17-22-21-11-7-6-8-18(21)12-14-25(22)36-28(34)19-9-4-3-5-10-19/h3-17,24H,2H2,1H3,(H,32,33)/b31-17+. The highest BCUT2D eigenvalue weighted by molar-refractivity contribution is 6.35. The summed E-state index contributed by atoms with van der Waals surface area (Å²) in [6.45, 7) is 1.81. The first-order chi connectivity index (χ1) is 17.5. The minimum absolute atomic E-state index is 0.304. The van der Waals surface area contributed by atoms with Crippen molar-refractivity contribution in [3.63, 3.8) is 0 Å². The van der Waals surface area contributed by atoms with Crippen LogP contribution in [0.2, 0.25) is 10.0 Å². The van der Waals surface area contributed by atoms with Gasteiger partial charge in [-0.25, -0.2) is 10.2 Å². The predicted molar refractivity (Wildman–Crippen MR) is 142 cm³/mol. The molecule has 0 aliphatic rings. The summed E-state index contributed by atoms with van der Waals surface area (Å²) < 4.78 is 11.4. The van der Waals surface area contributed by atoms with E-state index >= 15 is 0 Å². The molecule has 8 heteroatoms. The third-order valence-electron chi connectivity index (χ3n) is 5.34. The van der Waals surface area contributed by atoms with Gasteiger partial charge in [0.2, 0.25) is 0 Å². The van der Waals surface area contributed by atoms with Gasteiger partial charge >= 0.3 is 5.97 Å². The maximum absolute atomic E-state index is 12.8. The summed E-state index contributed by atoms with van der Waals surface area (Å²) in [7, 11) is 0. The predicted octanol–water partition coefficient (Wildman–Crippen LogP) is 6.67. The number of hydrogen-bond acceptors (Lipinski definition) is 5. The van der Waals surface area contributed by atoms with Crippen LogP contribution in [0.15, 0.2) is 90.0 Å². The van der Waals surface area contributed by atoms with Crippen LogP contribution in [0.5, 0.6) is 11.5 Å². The van der Waals surface area contributed by atoms with Gasteiger partial charge in [-0.2, -0.15) is 5.10 Å². The smallest absolute Gasteiger partial charge is 0.343 e. The number of benzene rings is 4. The number of esters is 1. The number of amides is 1. The number of hydrazone groups is 1. The average Bonchev–Trinajstić information content (AvgIpc) is 2.89. The lowest BCUT2D eigenvalue weighted by Gasteiger charge is -2.16. The van der Waals surface area contributed by atoms with Crippen LogP contribution < -0.4 is 14.9 Å². The Morgan fingerprint density at radius 2 is 1.67 bits per heavy atom. The topological polar surface area (TPSA) is 77.0 Å². The number of carbonyl (C=O) groups is 2. The van der Waals surface area contributed by atoms with Crippen molar-refractivity contribution in [1.29, 1.82) is 0 Å². The number of nitrogens with zero attached hydrogens (tertiary/aromatic N) is 1. The van der Waals surface area contributed by atoms with Gasteiger partial charge in [0.25, 0.3) is 5.91 Å². The van der Waals surface area contributed by atoms with Crippen molar-refractivity contribution in [2.24, 2.45) is 5.10 Å². The van der Waals surface area contributed by atoms with Crippen LogP contribution in [-0.4, -0.2) is 24.2 Å². The van der Waals surface area contributed by atoms with Crippen molar-refractivity contribution >= 4 is 52.1 Å². The van der Waals surface area contributed by atoms with Gasteiger partial charge in [-0.1, -0.05) is 78.7 Å². The molecule has 1 unspecified atom stereocenters. The molecular formula is C28H22Cl2N2O4. The van der Waals surface area contributed by atoms with Gasteiger partial charge in [-0.3, -0.25) is 4.79 Å². The van der Waals surface area contributed by atoms with Gasteiger partial charge in [0, 0.05) is 10.6 Å². The monoisotopic (exact) mass is 520 g/mol. The minimum atomic E-state index is -0.830. The Labute approximate surface area is 218 Å². The molecule has 0 bridgehead atoms. The normalized spacial score (nSPS) is 11.9. The average molecular weight is 521 g/mol. The summed E-state index contributed by atoms with van der Waals surface area (Å²) in [5.74, 6) is -0.292. The fraction of sp³-hybridized carbons (Fsp3) is 0.107. The second-order valence-corrected chi connectivity index (χ2v) is 8.62. The lowest BCUT2D eigenvalue weighted by atomic mass is 10.0. The van der Waals surface area contributed by atoms with Crippen LogP contribution in [0.25, 0.3) is 10.8 Å². The van der Waals surface area contributed by atoms with Crippen LogP contribution in [0.3, 0.4) is 0 Å². The summed E-state index contributed by atoms with van der Waals surface area (Å²) in [4.78, 5) is 25.4. The molecule has 1 amide bonds. The summed E-state index contributed by atoms with van der Waals surface area (Å²) in [6, 6.07) is 24.6. The van der Waals surface area contributed by atoms with Crippen molar-refractivity contribution in [2.45, 2.75) is 19.4 Å². The van der Waals surface area contributed by atoms with E-state index in [4.69, 9.17) is 32.7 Å². The van der Waals surface area contributed by atoms with Crippen molar-refractivity contribution in [1.82, 2.24) is 5.43 Å². The molecule has 0 spiro atoms. The Hall–Kier alpha value is -3.87. The van der Waals surface area contributed by atoms with Crippen LogP contribution >= 0.6 is 23.2 Å². The molecule has 4 rings (SSSR count). The highest BCUT2D eigenvalue weighted by Gasteiger charge is 2.20. The maximum atomic E-state index is 12.8. The first-order valence-electron chi connectivity index (χ1n) is 11.2. The second kappa shape index (κ2) is 11.7. The molecule has 0 heterocycles. The number of fused-ring (bicyclic) bond motifs is 1. The summed E-state index contributed by atoms with van der Waals surface area (Å²) in [5, 5.41) is 6.64. The lowest BCUT2D eigenvalue weighted by molar-refractivity contribution is -0.128. The fourth-order valence-electron chi connectivity index (χ4n) is 3.51. The molecule has 1 N–H and O–H groups in total. The van der Waals surface area contributed by atoms with E-state index in [-0.39, 0.29) is 0 Å². The first kappa shape index (κ1) is 25.2. The van der Waals surface area contributed by atoms with Crippen molar-refractivity contribution in [2.75, 3.05) is 0 Å². The van der Waals surface area contributed by atoms with E-state index in [1.165, 1.54) is 6.21 Å². The van der Waals surface area contributed by atoms with Crippen molar-refractivity contribution < 1.29 is 19.1 Å². The molecule has 4 aromatic rings. The van der Waals surface area contributed by atoms with E-state index in [0.29, 0.717) is 39.1 Å². The molecule has 6 nitrogen and oxygen atoms in total. The molecule has 0 saturated carbocycles. The SMILES string of the molecule is CCC(Oc1ccc(Cl)cc1Cl)C(=O)N/N=C/c1c(OC(=O)c2ccccc2)ccc2ccccc12. The quantitative estimate of drug-likeness (QED) is 0.122. The Morgan fingerprint density at radius 1 is 0.944 bits per heavy atom. The Morgan fingerprint density at radius 3 is 2.42 bits per heavy atom. The van der Waals surface area contributed by atoms with Gasteiger partial charge < -0.3 is 9.47 Å². The van der Waals surface area contributed by atoms with E-state index in [2.05, 4.69) is 10.5 Å². The van der Waals surface area contributed by atoms with E-state index in [0.717, 1.165) is 10.8 Å². The Bertz CT molecular complexity index is 1420. The molecule has 0 saturated heterocycles. The van der Waals surface area contributed by atoms with Crippen LogP contribution in [0.1, 0.15) is 29.3 Å². The lowest BCUT2D eigenvalue weighted by Crippen LogP contribution is -2.35. The van der Waals surface area contributed by atoms with Crippen LogP contribution in [0.4, 0.5) is 0 Å². The third kappa shape index (κ3) is 6.03. The summed E-state index contributed by atoms with van der Waals surface area (Å²) in [6.07, 6.45) is 1.01. The van der Waals surface area contributed by atoms with E-state index in [9.17, 15) is 9.59 Å². The van der Waals surface area contributed by atoms with Crippen molar-refractivity contribution in [3.05, 3.63) is 106 Å². The van der Waals surface area contributed by atoms with Crippen LogP contribution in [0, 0.1) is 0 Å². The third-order valence-corrected chi connectivity index (χ3v) is 5.87. The van der Waals surface area contributed by atoms with E-state index < -0.39 is 18.0 Å². The minimum Gasteiger partial charge on any atom is -0.479 e. The molecular weight excluding hydrogens is 499 g/mol. The number of hydrogen-bond donors (Lipinski definition) is 1. The molecule has 1 atom stereocenters. The summed E-state index contributed by atoms with van der Waals surface area (Å²) in [5.41, 5.74) is 3.48. The number of carbonyl (C=O) groups excluding carboxylic acids is 2.